The van der Waals surface area contributed by atoms with Crippen molar-refractivity contribution in [1.82, 2.24) is 9.88 Å². The Labute approximate surface area is 102 Å². The number of nitrogens with one attached hydrogen (secondary N) is 1. The Bertz CT molecular complexity index is 523. The number of amides is 1. The lowest BCUT2D eigenvalue weighted by Gasteiger charge is -2.06. The van der Waals surface area contributed by atoms with Crippen molar-refractivity contribution >= 4 is 11.6 Å². The largest absolute Gasteiger partial charge is 0.395 e. The van der Waals surface area contributed by atoms with Gasteiger partial charge in [-0.3, -0.25) is 24.3 Å². The van der Waals surface area contributed by atoms with Gasteiger partial charge >= 0.3 is 0 Å². The second kappa shape index (κ2) is 5.92. The summed E-state index contributed by atoms with van der Waals surface area (Å²) in [5, 5.41) is 21.6. The van der Waals surface area contributed by atoms with Crippen LogP contribution in [0.2, 0.25) is 0 Å². The predicted octanol–water partition coefficient (Wildman–Crippen LogP) is -0.827. The van der Waals surface area contributed by atoms with Crippen LogP contribution in [0.5, 0.6) is 0 Å². The number of rotatable bonds is 5. The average molecular weight is 255 g/mol. The third kappa shape index (κ3) is 3.39. The fraction of sp³-hybridized carbons (Fsp3) is 0.400. The van der Waals surface area contributed by atoms with Gasteiger partial charge in [-0.05, 0) is 6.92 Å². The summed E-state index contributed by atoms with van der Waals surface area (Å²) in [6.07, 6.45) is 1.04. The molecule has 0 saturated heterocycles. The highest BCUT2D eigenvalue weighted by atomic mass is 16.6. The smallest absolute Gasteiger partial charge is 0.288 e. The van der Waals surface area contributed by atoms with Crippen molar-refractivity contribution in [2.24, 2.45) is 0 Å². The van der Waals surface area contributed by atoms with Gasteiger partial charge in [-0.1, -0.05) is 0 Å². The summed E-state index contributed by atoms with van der Waals surface area (Å²) in [5.74, 6) is -0.496. The van der Waals surface area contributed by atoms with Crippen molar-refractivity contribution in [2.75, 3.05) is 13.2 Å². The zero-order valence-corrected chi connectivity index (χ0v) is 9.75. The molecule has 0 atom stereocenters. The van der Waals surface area contributed by atoms with E-state index in [-0.39, 0.29) is 30.9 Å². The first-order chi connectivity index (χ1) is 8.45. The van der Waals surface area contributed by atoms with Crippen molar-refractivity contribution in [3.63, 3.8) is 0 Å². The van der Waals surface area contributed by atoms with Gasteiger partial charge in [0, 0.05) is 18.2 Å². The molecule has 0 aromatic carbocycles. The van der Waals surface area contributed by atoms with Gasteiger partial charge in [-0.25, -0.2) is 0 Å². The minimum Gasteiger partial charge on any atom is -0.395 e. The second-order valence-corrected chi connectivity index (χ2v) is 3.64. The van der Waals surface area contributed by atoms with Crippen molar-refractivity contribution in [2.45, 2.75) is 13.5 Å². The highest BCUT2D eigenvalue weighted by Crippen LogP contribution is 2.13. The third-order valence-corrected chi connectivity index (χ3v) is 2.25. The third-order valence-electron chi connectivity index (χ3n) is 2.25. The number of pyridine rings is 1. The van der Waals surface area contributed by atoms with Crippen LogP contribution < -0.4 is 10.9 Å². The van der Waals surface area contributed by atoms with E-state index in [0.29, 0.717) is 0 Å². The second-order valence-electron chi connectivity index (χ2n) is 3.64. The molecule has 1 heterocycles. The molecule has 8 heteroatoms. The highest BCUT2D eigenvalue weighted by Gasteiger charge is 2.14. The van der Waals surface area contributed by atoms with Crippen LogP contribution >= 0.6 is 0 Å². The van der Waals surface area contributed by atoms with Gasteiger partial charge in [0.15, 0.2) is 0 Å². The molecule has 1 aromatic rings. The lowest BCUT2D eigenvalue weighted by atomic mass is 10.2. The highest BCUT2D eigenvalue weighted by molar-refractivity contribution is 5.75. The number of nitro groups is 1. The van der Waals surface area contributed by atoms with Gasteiger partial charge in [-0.2, -0.15) is 0 Å². The van der Waals surface area contributed by atoms with Gasteiger partial charge < -0.3 is 10.4 Å². The molecule has 2 N–H and O–H groups in total. The fourth-order valence-electron chi connectivity index (χ4n) is 1.38. The summed E-state index contributed by atoms with van der Waals surface area (Å²) in [4.78, 5) is 33.0. The van der Waals surface area contributed by atoms with Gasteiger partial charge in [0.2, 0.25) is 5.91 Å². The van der Waals surface area contributed by atoms with Gasteiger partial charge in [0.05, 0.1) is 17.7 Å². The zero-order valence-electron chi connectivity index (χ0n) is 9.75. The molecular formula is C10H13N3O5. The Hall–Kier alpha value is -2.22. The number of carbonyl (C=O) groups is 1. The number of hydrogen-bond acceptors (Lipinski definition) is 5. The molecule has 0 fully saturated rings. The van der Waals surface area contributed by atoms with Crippen LogP contribution in [0, 0.1) is 17.0 Å². The van der Waals surface area contributed by atoms with Crippen LogP contribution in [-0.4, -0.2) is 33.7 Å². The molecule has 0 aliphatic heterocycles. The van der Waals surface area contributed by atoms with E-state index in [1.807, 2.05) is 0 Å². The van der Waals surface area contributed by atoms with E-state index in [2.05, 4.69) is 5.32 Å². The maximum atomic E-state index is 11.5. The maximum Gasteiger partial charge on any atom is 0.288 e. The van der Waals surface area contributed by atoms with E-state index in [1.165, 1.54) is 6.92 Å². The van der Waals surface area contributed by atoms with Crippen LogP contribution in [0.3, 0.4) is 0 Å². The van der Waals surface area contributed by atoms with E-state index in [1.54, 1.807) is 0 Å². The molecule has 1 amide bonds. The first-order valence-corrected chi connectivity index (χ1v) is 5.18. The summed E-state index contributed by atoms with van der Waals surface area (Å²) < 4.78 is 0.956. The molecule has 0 unspecified atom stereocenters. The lowest BCUT2D eigenvalue weighted by molar-refractivity contribution is -0.385. The Morgan fingerprint density at radius 2 is 2.28 bits per heavy atom. The van der Waals surface area contributed by atoms with Crippen LogP contribution in [0.15, 0.2) is 17.1 Å². The minimum absolute atomic E-state index is 0.0710. The average Bonchev–Trinajstić information content (AvgIpc) is 2.29. The van der Waals surface area contributed by atoms with E-state index < -0.39 is 16.4 Å². The normalized spacial score (nSPS) is 10.1. The van der Waals surface area contributed by atoms with E-state index in [9.17, 15) is 19.7 Å². The predicted molar refractivity (Wildman–Crippen MR) is 62.2 cm³/mol. The van der Waals surface area contributed by atoms with Crippen molar-refractivity contribution < 1.29 is 14.8 Å². The Morgan fingerprint density at radius 1 is 1.61 bits per heavy atom. The van der Waals surface area contributed by atoms with E-state index >= 15 is 0 Å². The van der Waals surface area contributed by atoms with Crippen LogP contribution in [0.1, 0.15) is 5.56 Å². The zero-order chi connectivity index (χ0) is 13.7. The Morgan fingerprint density at radius 3 is 2.83 bits per heavy atom. The number of aryl methyl sites for hydroxylation is 1. The van der Waals surface area contributed by atoms with E-state index in [0.717, 1.165) is 16.8 Å². The molecular weight excluding hydrogens is 242 g/mol. The molecule has 0 aliphatic rings. The number of hydrogen-bond donors (Lipinski definition) is 2. The van der Waals surface area contributed by atoms with Gasteiger partial charge in [0.1, 0.15) is 6.54 Å². The summed E-state index contributed by atoms with van der Waals surface area (Å²) >= 11 is 0. The molecule has 98 valence electrons. The van der Waals surface area contributed by atoms with Gasteiger partial charge in [0.25, 0.3) is 11.2 Å². The Kier molecular flexibility index (Phi) is 4.55. The van der Waals surface area contributed by atoms with Crippen LogP contribution in [0.4, 0.5) is 5.69 Å². The topological polar surface area (TPSA) is 114 Å². The molecule has 0 radical (unpaired) electrons. The standard InChI is InChI=1S/C10H13N3O5/c1-7-4-10(16)12(5-8(7)13(17)18)6-9(15)11-2-3-14/h4-5,14H,2-3,6H2,1H3,(H,11,15). The number of aliphatic hydroxyl groups excluding tert-OH is 1. The molecule has 0 bridgehead atoms. The summed E-state index contributed by atoms with van der Waals surface area (Å²) in [7, 11) is 0. The monoisotopic (exact) mass is 255 g/mol. The molecule has 0 saturated carbocycles. The maximum absolute atomic E-state index is 11.5. The number of nitrogens with zero attached hydrogens (tertiary/aromatic N) is 2. The molecule has 0 aliphatic carbocycles. The number of aromatic nitrogens is 1. The number of aliphatic hydroxyl groups is 1. The quantitative estimate of drug-likeness (QED) is 0.526. The summed E-state index contributed by atoms with van der Waals surface area (Å²) in [6.45, 7) is 0.992. The fourth-order valence-corrected chi connectivity index (χ4v) is 1.38. The lowest BCUT2D eigenvalue weighted by Crippen LogP contribution is -2.33. The van der Waals surface area contributed by atoms with Gasteiger partial charge in [-0.15, -0.1) is 0 Å². The summed E-state index contributed by atoms with van der Waals surface area (Å²) in [5.41, 5.74) is -0.459. The first kappa shape index (κ1) is 13.8. The molecule has 8 nitrogen and oxygen atoms in total. The van der Waals surface area contributed by atoms with Crippen molar-refractivity contribution in [3.05, 3.63) is 38.3 Å². The van der Waals surface area contributed by atoms with Crippen molar-refractivity contribution in [1.29, 1.82) is 0 Å². The Balaban J connectivity index is 2.96. The molecule has 1 rings (SSSR count). The van der Waals surface area contributed by atoms with Crippen molar-refractivity contribution in [3.8, 4) is 0 Å². The SMILES string of the molecule is Cc1cc(=O)n(CC(=O)NCCO)cc1[N+](=O)[O-]. The van der Waals surface area contributed by atoms with Crippen LogP contribution in [-0.2, 0) is 11.3 Å². The number of carbonyl (C=O) groups excluding carboxylic acids is 1. The first-order valence-electron chi connectivity index (χ1n) is 5.18. The molecule has 18 heavy (non-hydrogen) atoms. The summed E-state index contributed by atoms with van der Waals surface area (Å²) in [6, 6.07) is 1.11. The van der Waals surface area contributed by atoms with E-state index in [4.69, 9.17) is 5.11 Å². The molecule has 0 spiro atoms. The van der Waals surface area contributed by atoms with Crippen LogP contribution in [0.25, 0.3) is 0 Å². The molecule has 1 aromatic heterocycles. The minimum atomic E-state index is -0.614.